The summed E-state index contributed by atoms with van der Waals surface area (Å²) in [4.78, 5) is 25.0. The van der Waals surface area contributed by atoms with E-state index in [1.807, 2.05) is 19.9 Å². The molecule has 0 saturated carbocycles. The molecule has 0 aromatic heterocycles. The summed E-state index contributed by atoms with van der Waals surface area (Å²) in [5.41, 5.74) is 4.09. The van der Waals surface area contributed by atoms with Crippen molar-refractivity contribution < 1.29 is 14.3 Å². The molecule has 1 heterocycles. The molecule has 0 atom stereocenters. The first-order valence-corrected chi connectivity index (χ1v) is 5.99. The topological polar surface area (TPSA) is 46.6 Å². The number of benzene rings is 1. The van der Waals surface area contributed by atoms with Gasteiger partial charge in [-0.3, -0.25) is 9.59 Å². The molecule has 0 N–H and O–H groups in total. The van der Waals surface area contributed by atoms with Gasteiger partial charge in [0, 0.05) is 12.1 Å². The molecule has 0 aliphatic carbocycles. The van der Waals surface area contributed by atoms with Crippen LogP contribution in [-0.2, 0) is 16.0 Å². The molecule has 0 bridgehead atoms. The Kier molecular flexibility index (Phi) is 3.36. The standard InChI is InChI=1S/C14H17NO3/c1-9-6-11-4-5-15(8-13(16)18-3)14(17)12(11)7-10(9)2/h6-7H,4-5,8H2,1-3H3. The fourth-order valence-corrected chi connectivity index (χ4v) is 2.18. The SMILES string of the molecule is COC(=O)CN1CCc2cc(C)c(C)cc2C1=O. The molecular formula is C14H17NO3. The number of aryl methyl sites for hydroxylation is 2. The highest BCUT2D eigenvalue weighted by Crippen LogP contribution is 2.22. The van der Waals surface area contributed by atoms with Crippen LogP contribution in [0.2, 0.25) is 0 Å². The van der Waals surface area contributed by atoms with Crippen LogP contribution >= 0.6 is 0 Å². The predicted molar refractivity (Wildman–Crippen MR) is 67.5 cm³/mol. The molecule has 2 rings (SSSR count). The number of rotatable bonds is 2. The lowest BCUT2D eigenvalue weighted by Gasteiger charge is -2.28. The van der Waals surface area contributed by atoms with Gasteiger partial charge >= 0.3 is 5.97 Å². The van der Waals surface area contributed by atoms with E-state index in [-0.39, 0.29) is 18.4 Å². The number of fused-ring (bicyclic) bond motifs is 1. The van der Waals surface area contributed by atoms with Crippen molar-refractivity contribution >= 4 is 11.9 Å². The van der Waals surface area contributed by atoms with E-state index in [9.17, 15) is 9.59 Å². The molecule has 18 heavy (non-hydrogen) atoms. The number of nitrogens with zero attached hydrogens (tertiary/aromatic N) is 1. The van der Waals surface area contributed by atoms with E-state index in [1.54, 1.807) is 4.90 Å². The lowest BCUT2D eigenvalue weighted by molar-refractivity contribution is -0.141. The van der Waals surface area contributed by atoms with E-state index in [2.05, 4.69) is 10.8 Å². The van der Waals surface area contributed by atoms with E-state index >= 15 is 0 Å². The monoisotopic (exact) mass is 247 g/mol. The molecule has 1 aliphatic rings. The van der Waals surface area contributed by atoms with Gasteiger partial charge in [-0.25, -0.2) is 0 Å². The normalized spacial score (nSPS) is 14.4. The van der Waals surface area contributed by atoms with Crippen molar-refractivity contribution in [1.29, 1.82) is 0 Å². The molecule has 0 fully saturated rings. The van der Waals surface area contributed by atoms with E-state index in [1.165, 1.54) is 12.7 Å². The maximum absolute atomic E-state index is 12.2. The molecule has 1 aromatic rings. The molecule has 1 amide bonds. The predicted octanol–water partition coefficient (Wildman–Crippen LogP) is 1.47. The minimum atomic E-state index is -0.379. The molecule has 1 aliphatic heterocycles. The van der Waals surface area contributed by atoms with E-state index in [0.717, 1.165) is 17.5 Å². The second-order valence-corrected chi connectivity index (χ2v) is 4.65. The minimum Gasteiger partial charge on any atom is -0.468 e. The second-order valence-electron chi connectivity index (χ2n) is 4.65. The molecule has 0 radical (unpaired) electrons. The van der Waals surface area contributed by atoms with Crippen LogP contribution in [0.4, 0.5) is 0 Å². The van der Waals surface area contributed by atoms with Crippen molar-refractivity contribution in [3.63, 3.8) is 0 Å². The average molecular weight is 247 g/mol. The molecule has 1 aromatic carbocycles. The van der Waals surface area contributed by atoms with Gasteiger partial charge in [-0.15, -0.1) is 0 Å². The zero-order chi connectivity index (χ0) is 13.3. The minimum absolute atomic E-state index is 0.0295. The van der Waals surface area contributed by atoms with Crippen LogP contribution in [-0.4, -0.2) is 37.0 Å². The Balaban J connectivity index is 2.28. The van der Waals surface area contributed by atoms with Gasteiger partial charge in [-0.05, 0) is 43.0 Å². The zero-order valence-corrected chi connectivity index (χ0v) is 10.9. The highest BCUT2D eigenvalue weighted by Gasteiger charge is 2.26. The van der Waals surface area contributed by atoms with Gasteiger partial charge in [-0.1, -0.05) is 6.07 Å². The number of amides is 1. The zero-order valence-electron chi connectivity index (χ0n) is 10.9. The maximum atomic E-state index is 12.2. The fourth-order valence-electron chi connectivity index (χ4n) is 2.18. The molecule has 0 unspecified atom stereocenters. The largest absolute Gasteiger partial charge is 0.468 e. The van der Waals surface area contributed by atoms with Gasteiger partial charge < -0.3 is 9.64 Å². The summed E-state index contributed by atoms with van der Waals surface area (Å²) >= 11 is 0. The Morgan fingerprint density at radius 2 is 2.00 bits per heavy atom. The Morgan fingerprint density at radius 3 is 2.67 bits per heavy atom. The van der Waals surface area contributed by atoms with Gasteiger partial charge in [0.25, 0.3) is 5.91 Å². The van der Waals surface area contributed by atoms with Crippen molar-refractivity contribution in [2.24, 2.45) is 0 Å². The summed E-state index contributed by atoms with van der Waals surface area (Å²) in [7, 11) is 1.33. The molecule has 96 valence electrons. The van der Waals surface area contributed by atoms with Crippen LogP contribution in [0.5, 0.6) is 0 Å². The second kappa shape index (κ2) is 4.80. The van der Waals surface area contributed by atoms with Crippen LogP contribution in [0.1, 0.15) is 27.0 Å². The van der Waals surface area contributed by atoms with Gasteiger partial charge in [0.2, 0.25) is 0 Å². The Morgan fingerprint density at radius 1 is 1.33 bits per heavy atom. The summed E-state index contributed by atoms with van der Waals surface area (Å²) in [6.07, 6.45) is 0.791. The smallest absolute Gasteiger partial charge is 0.325 e. The summed E-state index contributed by atoms with van der Waals surface area (Å²) in [6.45, 7) is 4.63. The van der Waals surface area contributed by atoms with E-state index in [0.29, 0.717) is 12.1 Å². The number of hydrogen-bond donors (Lipinski definition) is 0. The lowest BCUT2D eigenvalue weighted by atomic mass is 9.94. The Hall–Kier alpha value is -1.84. The highest BCUT2D eigenvalue weighted by atomic mass is 16.5. The fraction of sp³-hybridized carbons (Fsp3) is 0.429. The summed E-state index contributed by atoms with van der Waals surface area (Å²) < 4.78 is 4.60. The van der Waals surface area contributed by atoms with E-state index in [4.69, 9.17) is 0 Å². The van der Waals surface area contributed by atoms with Crippen molar-refractivity contribution in [1.82, 2.24) is 4.90 Å². The first-order chi connectivity index (χ1) is 8.52. The number of esters is 1. The quantitative estimate of drug-likeness (QED) is 0.744. The molecule has 4 nitrogen and oxygen atoms in total. The van der Waals surface area contributed by atoms with Crippen LogP contribution in [0.15, 0.2) is 12.1 Å². The molecule has 0 spiro atoms. The highest BCUT2D eigenvalue weighted by molar-refractivity contribution is 5.98. The number of carbonyl (C=O) groups is 2. The first kappa shape index (κ1) is 12.6. The van der Waals surface area contributed by atoms with Gasteiger partial charge in [0.1, 0.15) is 6.54 Å². The van der Waals surface area contributed by atoms with Crippen molar-refractivity contribution in [3.05, 3.63) is 34.4 Å². The Bertz CT molecular complexity index is 508. The van der Waals surface area contributed by atoms with Crippen molar-refractivity contribution in [2.75, 3.05) is 20.2 Å². The summed E-state index contributed by atoms with van der Waals surface area (Å²) in [5.74, 6) is -0.458. The average Bonchev–Trinajstić information content (AvgIpc) is 2.35. The van der Waals surface area contributed by atoms with Crippen LogP contribution < -0.4 is 0 Å². The van der Waals surface area contributed by atoms with Crippen LogP contribution in [0.3, 0.4) is 0 Å². The third-order valence-electron chi connectivity index (χ3n) is 3.44. The number of carbonyl (C=O) groups excluding carboxylic acids is 2. The first-order valence-electron chi connectivity index (χ1n) is 5.99. The Labute approximate surface area is 107 Å². The number of hydrogen-bond acceptors (Lipinski definition) is 3. The molecule has 0 saturated heterocycles. The summed E-state index contributed by atoms with van der Waals surface area (Å²) in [5, 5.41) is 0. The van der Waals surface area contributed by atoms with Gasteiger partial charge in [0.15, 0.2) is 0 Å². The van der Waals surface area contributed by atoms with Gasteiger partial charge in [0.05, 0.1) is 7.11 Å². The van der Waals surface area contributed by atoms with Crippen LogP contribution in [0, 0.1) is 13.8 Å². The van der Waals surface area contributed by atoms with Gasteiger partial charge in [-0.2, -0.15) is 0 Å². The summed E-state index contributed by atoms with van der Waals surface area (Å²) in [6, 6.07) is 3.98. The lowest BCUT2D eigenvalue weighted by Crippen LogP contribution is -2.41. The third-order valence-corrected chi connectivity index (χ3v) is 3.44. The maximum Gasteiger partial charge on any atom is 0.325 e. The molecular weight excluding hydrogens is 230 g/mol. The van der Waals surface area contributed by atoms with E-state index < -0.39 is 0 Å². The number of methoxy groups -OCH3 is 1. The van der Waals surface area contributed by atoms with Crippen LogP contribution in [0.25, 0.3) is 0 Å². The number of ether oxygens (including phenoxy) is 1. The van der Waals surface area contributed by atoms with Crippen molar-refractivity contribution in [2.45, 2.75) is 20.3 Å². The third kappa shape index (κ3) is 2.23. The van der Waals surface area contributed by atoms with Crippen molar-refractivity contribution in [3.8, 4) is 0 Å². The molecule has 4 heteroatoms.